The van der Waals surface area contributed by atoms with Crippen LogP contribution in [-0.2, 0) is 15.1 Å². The number of carbonyl (C=O) groups is 2. The number of alkyl halides is 6. The Bertz CT molecular complexity index is 926. The normalized spacial score (nSPS) is 16.7. The van der Waals surface area contributed by atoms with Crippen LogP contribution in [0.3, 0.4) is 0 Å². The number of carboxylic acids is 2. The summed E-state index contributed by atoms with van der Waals surface area (Å²) in [6, 6.07) is 3.92. The zero-order valence-corrected chi connectivity index (χ0v) is 15.9. The Hall–Kier alpha value is -3.23. The third-order valence-corrected chi connectivity index (χ3v) is 4.16. The zero-order chi connectivity index (χ0) is 24.3. The van der Waals surface area contributed by atoms with Crippen molar-refractivity contribution in [1.29, 1.82) is 0 Å². The molecule has 0 amide bonds. The smallest absolute Gasteiger partial charge is 0.475 e. The highest BCUT2D eigenvalue weighted by Crippen LogP contribution is 2.42. The summed E-state index contributed by atoms with van der Waals surface area (Å²) in [5.74, 6) is -3.72. The van der Waals surface area contributed by atoms with Crippen LogP contribution in [0.4, 0.5) is 26.3 Å². The van der Waals surface area contributed by atoms with E-state index >= 15 is 0 Å². The van der Waals surface area contributed by atoms with Crippen LogP contribution in [0.5, 0.6) is 0 Å². The average molecular weight is 470 g/mol. The number of rotatable bonds is 3. The molecule has 9 nitrogen and oxygen atoms in total. The number of aromatic nitrogens is 3. The van der Waals surface area contributed by atoms with Gasteiger partial charge < -0.3 is 20.4 Å². The molecule has 2 saturated carbocycles. The van der Waals surface area contributed by atoms with Crippen molar-refractivity contribution in [3.63, 3.8) is 0 Å². The van der Waals surface area contributed by atoms with Gasteiger partial charge in [-0.3, -0.25) is 4.98 Å². The second-order valence-corrected chi connectivity index (χ2v) is 6.91. The van der Waals surface area contributed by atoms with Crippen molar-refractivity contribution in [2.75, 3.05) is 0 Å². The number of pyridine rings is 1. The minimum atomic E-state index is -5.08. The molecule has 2 aliphatic carbocycles. The molecular weight excluding hydrogens is 454 g/mol. The lowest BCUT2D eigenvalue weighted by Gasteiger charge is -2.07. The maximum atomic E-state index is 10.6. The van der Waals surface area contributed by atoms with E-state index in [1.54, 1.807) is 6.20 Å². The molecule has 0 aromatic carbocycles. The molecule has 176 valence electrons. The van der Waals surface area contributed by atoms with E-state index in [1.807, 2.05) is 12.1 Å². The van der Waals surface area contributed by atoms with Gasteiger partial charge in [0.25, 0.3) is 0 Å². The fraction of sp³-hybridized carbons (Fsp3) is 0.471. The van der Waals surface area contributed by atoms with Gasteiger partial charge in [0.15, 0.2) is 0 Å². The van der Waals surface area contributed by atoms with E-state index < -0.39 is 24.3 Å². The van der Waals surface area contributed by atoms with Crippen molar-refractivity contribution in [1.82, 2.24) is 15.2 Å². The van der Waals surface area contributed by atoms with E-state index in [1.165, 1.54) is 0 Å². The van der Waals surface area contributed by atoms with Gasteiger partial charge in [0.05, 0.1) is 16.8 Å². The summed E-state index contributed by atoms with van der Waals surface area (Å²) in [6.07, 6.45) is -4.03. The Kier molecular flexibility index (Phi) is 7.12. The summed E-state index contributed by atoms with van der Waals surface area (Å²) in [6.45, 7) is 0. The van der Waals surface area contributed by atoms with Crippen LogP contribution < -0.4 is 5.73 Å². The Morgan fingerprint density at radius 3 is 1.84 bits per heavy atom. The minimum absolute atomic E-state index is 0.188. The molecule has 0 bridgehead atoms. The van der Waals surface area contributed by atoms with Crippen molar-refractivity contribution in [3.05, 3.63) is 29.9 Å². The largest absolute Gasteiger partial charge is 0.490 e. The standard InChI is InChI=1S/C13H14N4O.2C2HF3O2/c14-13(5-6-13)10-4-3-9(7-15-10)12-17-16-11(18-12)8-1-2-8;2*3-2(4,5)1(6)7/h3-4,7-8H,1-2,5-6,14H2;2*(H,6,7). The molecule has 2 aliphatic rings. The third kappa shape index (κ3) is 7.18. The van der Waals surface area contributed by atoms with E-state index in [2.05, 4.69) is 15.2 Å². The molecule has 4 rings (SSSR count). The second kappa shape index (κ2) is 9.10. The first kappa shape index (κ1) is 25.0. The summed E-state index contributed by atoms with van der Waals surface area (Å²) in [5.41, 5.74) is 7.72. The van der Waals surface area contributed by atoms with Gasteiger partial charge >= 0.3 is 24.3 Å². The van der Waals surface area contributed by atoms with Crippen LogP contribution in [0.1, 0.15) is 43.2 Å². The van der Waals surface area contributed by atoms with E-state index in [9.17, 15) is 26.3 Å². The average Bonchev–Trinajstić information content (AvgIpc) is 3.62. The lowest BCUT2D eigenvalue weighted by Crippen LogP contribution is -2.21. The highest BCUT2D eigenvalue weighted by Gasteiger charge is 2.41. The summed E-state index contributed by atoms with van der Waals surface area (Å²) in [5, 5.41) is 22.4. The lowest BCUT2D eigenvalue weighted by atomic mass is 10.1. The first-order valence-electron chi connectivity index (χ1n) is 8.83. The maximum Gasteiger partial charge on any atom is 0.490 e. The van der Waals surface area contributed by atoms with Gasteiger partial charge in [0.2, 0.25) is 11.8 Å². The molecule has 4 N–H and O–H groups in total. The van der Waals surface area contributed by atoms with Crippen LogP contribution in [0.2, 0.25) is 0 Å². The number of hydrogen-bond donors (Lipinski definition) is 3. The Morgan fingerprint density at radius 1 is 1.00 bits per heavy atom. The van der Waals surface area contributed by atoms with Crippen LogP contribution in [-0.4, -0.2) is 49.7 Å². The molecule has 2 fully saturated rings. The molecule has 0 aliphatic heterocycles. The minimum Gasteiger partial charge on any atom is -0.475 e. The number of carboxylic acid groups (broad SMARTS) is 2. The van der Waals surface area contributed by atoms with Crippen molar-refractivity contribution in [2.24, 2.45) is 5.73 Å². The fourth-order valence-corrected chi connectivity index (χ4v) is 2.05. The van der Waals surface area contributed by atoms with Gasteiger partial charge in [-0.15, -0.1) is 10.2 Å². The third-order valence-electron chi connectivity index (χ3n) is 4.16. The second-order valence-electron chi connectivity index (χ2n) is 6.91. The Labute approximate surface area is 175 Å². The molecular formula is C17H16F6N4O5. The molecule has 0 radical (unpaired) electrons. The van der Waals surface area contributed by atoms with Crippen LogP contribution in [0.25, 0.3) is 11.5 Å². The Morgan fingerprint density at radius 2 is 1.50 bits per heavy atom. The molecule has 2 aromatic rings. The van der Waals surface area contributed by atoms with Gasteiger partial charge in [-0.25, -0.2) is 9.59 Å². The summed E-state index contributed by atoms with van der Waals surface area (Å²) in [7, 11) is 0. The molecule has 0 saturated heterocycles. The number of nitrogens with two attached hydrogens (primary N) is 1. The topological polar surface area (TPSA) is 152 Å². The number of nitrogens with zero attached hydrogens (tertiary/aromatic N) is 3. The van der Waals surface area contributed by atoms with Crippen molar-refractivity contribution < 1.29 is 50.6 Å². The molecule has 0 atom stereocenters. The molecule has 32 heavy (non-hydrogen) atoms. The van der Waals surface area contributed by atoms with Crippen molar-refractivity contribution >= 4 is 11.9 Å². The van der Waals surface area contributed by atoms with Gasteiger partial charge in [0.1, 0.15) is 0 Å². The predicted molar refractivity (Wildman–Crippen MR) is 92.0 cm³/mol. The molecule has 2 aromatic heterocycles. The molecule has 0 unspecified atom stereocenters. The van der Waals surface area contributed by atoms with Crippen LogP contribution >= 0.6 is 0 Å². The fourth-order valence-electron chi connectivity index (χ4n) is 2.05. The van der Waals surface area contributed by atoms with Gasteiger partial charge in [-0.05, 0) is 37.8 Å². The van der Waals surface area contributed by atoms with Crippen molar-refractivity contribution in [3.8, 4) is 11.5 Å². The van der Waals surface area contributed by atoms with E-state index in [0.29, 0.717) is 11.8 Å². The first-order valence-corrected chi connectivity index (χ1v) is 8.83. The lowest BCUT2D eigenvalue weighted by molar-refractivity contribution is -0.193. The first-order chi connectivity index (χ1) is 14.6. The summed E-state index contributed by atoms with van der Waals surface area (Å²) >= 11 is 0. The number of aliphatic carboxylic acids is 2. The van der Waals surface area contributed by atoms with Crippen LogP contribution in [0.15, 0.2) is 22.7 Å². The highest BCUT2D eigenvalue weighted by atomic mass is 19.4. The highest BCUT2D eigenvalue weighted by molar-refractivity contribution is 5.73. The van der Waals surface area contributed by atoms with Crippen LogP contribution in [0, 0.1) is 0 Å². The molecule has 2 heterocycles. The molecule has 15 heteroatoms. The van der Waals surface area contributed by atoms with Gasteiger partial charge in [0, 0.05) is 12.1 Å². The SMILES string of the molecule is NC1(c2ccc(-c3nnc(C4CC4)o3)cn2)CC1.O=C(O)C(F)(F)F.O=C(O)C(F)(F)F. The van der Waals surface area contributed by atoms with Gasteiger partial charge in [-0.2, -0.15) is 26.3 Å². The van der Waals surface area contributed by atoms with Gasteiger partial charge in [-0.1, -0.05) is 0 Å². The van der Waals surface area contributed by atoms with E-state index in [4.69, 9.17) is 30.0 Å². The maximum absolute atomic E-state index is 10.6. The van der Waals surface area contributed by atoms with E-state index in [-0.39, 0.29) is 5.54 Å². The Balaban J connectivity index is 0.000000218. The number of halogens is 6. The molecule has 0 spiro atoms. The van der Waals surface area contributed by atoms with E-state index in [0.717, 1.165) is 42.8 Å². The summed E-state index contributed by atoms with van der Waals surface area (Å²) < 4.78 is 69.1. The number of hydrogen-bond acceptors (Lipinski definition) is 7. The van der Waals surface area contributed by atoms with Crippen molar-refractivity contribution in [2.45, 2.75) is 49.5 Å². The monoisotopic (exact) mass is 470 g/mol. The quantitative estimate of drug-likeness (QED) is 0.574. The predicted octanol–water partition coefficient (Wildman–Crippen LogP) is 3.22. The zero-order valence-electron chi connectivity index (χ0n) is 15.9. The summed E-state index contributed by atoms with van der Waals surface area (Å²) in [4.78, 5) is 22.2.